The van der Waals surface area contributed by atoms with Gasteiger partial charge < -0.3 is 14.5 Å². The fraction of sp³-hybridized carbons (Fsp3) is 0.200. The lowest BCUT2D eigenvalue weighted by atomic mass is 10.1. The second-order valence-corrected chi connectivity index (χ2v) is 5.02. The Morgan fingerprint density at radius 2 is 1.92 bits per heavy atom. The lowest BCUT2D eigenvalue weighted by Crippen LogP contribution is -2.28. The molecule has 0 spiro atoms. The lowest BCUT2D eigenvalue weighted by molar-refractivity contribution is -0.394. The van der Waals surface area contributed by atoms with Crippen LogP contribution >= 0.6 is 0 Å². The van der Waals surface area contributed by atoms with Gasteiger partial charge in [0, 0.05) is 11.6 Å². The van der Waals surface area contributed by atoms with E-state index in [1.165, 1.54) is 6.26 Å². The largest absolute Gasteiger partial charge is 0.467 e. The third-order valence-corrected chi connectivity index (χ3v) is 3.22. The van der Waals surface area contributed by atoms with E-state index in [0.717, 1.165) is 18.2 Å². The molecule has 0 unspecified atom stereocenters. The van der Waals surface area contributed by atoms with Crippen LogP contribution in [0.4, 0.5) is 11.4 Å². The molecule has 2 rings (SSSR count). The predicted octanol–water partition coefficient (Wildman–Crippen LogP) is 1.50. The summed E-state index contributed by atoms with van der Waals surface area (Å²) in [7, 11) is 0. The first-order chi connectivity index (χ1) is 12.4. The minimum atomic E-state index is -0.880. The SMILES string of the molecule is O=C(COC(=O)Cc1ccc([N+](=O)[O-])cc1[N+](=O)[O-])NCc1ccco1. The third kappa shape index (κ3) is 5.12. The Kier molecular flexibility index (Phi) is 5.98. The number of nitrogens with zero attached hydrogens (tertiary/aromatic N) is 2. The smallest absolute Gasteiger partial charge is 0.311 e. The van der Waals surface area contributed by atoms with Gasteiger partial charge in [0.2, 0.25) is 0 Å². The quantitative estimate of drug-likeness (QED) is 0.420. The molecular formula is C15H13N3O8. The van der Waals surface area contributed by atoms with E-state index in [-0.39, 0.29) is 12.1 Å². The van der Waals surface area contributed by atoms with Crippen molar-refractivity contribution in [2.45, 2.75) is 13.0 Å². The molecule has 1 amide bonds. The van der Waals surface area contributed by atoms with Gasteiger partial charge in [-0.05, 0) is 18.2 Å². The zero-order valence-corrected chi connectivity index (χ0v) is 13.2. The summed E-state index contributed by atoms with van der Waals surface area (Å²) in [5.74, 6) is -0.936. The first-order valence-electron chi connectivity index (χ1n) is 7.23. The molecule has 2 aromatic rings. The summed E-state index contributed by atoms with van der Waals surface area (Å²) in [4.78, 5) is 43.4. The van der Waals surface area contributed by atoms with Gasteiger partial charge in [0.25, 0.3) is 17.3 Å². The van der Waals surface area contributed by atoms with Crippen molar-refractivity contribution in [3.63, 3.8) is 0 Å². The average molecular weight is 363 g/mol. The Bertz CT molecular complexity index is 831. The highest BCUT2D eigenvalue weighted by atomic mass is 16.6. The summed E-state index contributed by atoms with van der Waals surface area (Å²) in [6.07, 6.45) is 0.943. The molecule has 136 valence electrons. The Hall–Kier alpha value is -3.76. The van der Waals surface area contributed by atoms with Crippen molar-refractivity contribution in [3.05, 3.63) is 68.1 Å². The Labute approximate surface area is 145 Å². The van der Waals surface area contributed by atoms with Crippen LogP contribution in [0.25, 0.3) is 0 Å². The van der Waals surface area contributed by atoms with Crippen LogP contribution in [0, 0.1) is 20.2 Å². The Morgan fingerprint density at radius 3 is 2.54 bits per heavy atom. The van der Waals surface area contributed by atoms with Crippen molar-refractivity contribution < 1.29 is 28.6 Å². The van der Waals surface area contributed by atoms with Gasteiger partial charge in [-0.2, -0.15) is 0 Å². The standard InChI is InChI=1S/C15H13N3O8/c19-14(16-8-12-2-1-5-25-12)9-26-15(20)6-10-3-4-11(17(21)22)7-13(10)18(23)24/h1-5,7H,6,8-9H2,(H,16,19). The van der Waals surface area contributed by atoms with Gasteiger partial charge in [-0.25, -0.2) is 0 Å². The monoisotopic (exact) mass is 363 g/mol. The number of esters is 1. The first-order valence-corrected chi connectivity index (χ1v) is 7.23. The molecule has 11 heteroatoms. The minimum absolute atomic E-state index is 0.0541. The number of benzene rings is 1. The number of rotatable bonds is 8. The van der Waals surface area contributed by atoms with Crippen LogP contribution in [0.15, 0.2) is 41.0 Å². The van der Waals surface area contributed by atoms with E-state index in [0.29, 0.717) is 5.76 Å². The summed E-state index contributed by atoms with van der Waals surface area (Å²) < 4.78 is 9.77. The summed E-state index contributed by atoms with van der Waals surface area (Å²) in [6.45, 7) is -0.447. The number of furan rings is 1. The van der Waals surface area contributed by atoms with Crippen LogP contribution < -0.4 is 5.32 Å². The third-order valence-electron chi connectivity index (χ3n) is 3.22. The summed E-state index contributed by atoms with van der Waals surface area (Å²) >= 11 is 0. The molecule has 0 bridgehead atoms. The van der Waals surface area contributed by atoms with Crippen LogP contribution in [-0.4, -0.2) is 28.3 Å². The van der Waals surface area contributed by atoms with Crippen LogP contribution in [-0.2, 0) is 27.3 Å². The number of hydrogen-bond donors (Lipinski definition) is 1. The summed E-state index contributed by atoms with van der Waals surface area (Å²) in [5.41, 5.74) is -1.09. The van der Waals surface area contributed by atoms with Crippen molar-refractivity contribution in [2.75, 3.05) is 6.61 Å². The number of ether oxygens (including phenoxy) is 1. The molecule has 0 saturated heterocycles. The second kappa shape index (κ2) is 8.37. The first kappa shape index (κ1) is 18.6. The van der Waals surface area contributed by atoms with Crippen LogP contribution in [0.1, 0.15) is 11.3 Å². The molecule has 0 radical (unpaired) electrons. The van der Waals surface area contributed by atoms with Crippen molar-refractivity contribution >= 4 is 23.3 Å². The van der Waals surface area contributed by atoms with E-state index in [4.69, 9.17) is 9.15 Å². The van der Waals surface area contributed by atoms with E-state index in [9.17, 15) is 29.8 Å². The Balaban J connectivity index is 1.89. The fourth-order valence-electron chi connectivity index (χ4n) is 1.99. The normalized spacial score (nSPS) is 10.2. The topological polar surface area (TPSA) is 155 Å². The molecule has 0 aliphatic carbocycles. The van der Waals surface area contributed by atoms with Gasteiger partial charge >= 0.3 is 5.97 Å². The molecule has 1 aromatic carbocycles. The van der Waals surface area contributed by atoms with Crippen molar-refractivity contribution in [2.24, 2.45) is 0 Å². The zero-order chi connectivity index (χ0) is 19.1. The van der Waals surface area contributed by atoms with Gasteiger partial charge in [-0.3, -0.25) is 29.8 Å². The van der Waals surface area contributed by atoms with Crippen molar-refractivity contribution in [3.8, 4) is 0 Å². The van der Waals surface area contributed by atoms with Gasteiger partial charge in [0.05, 0.1) is 35.1 Å². The van der Waals surface area contributed by atoms with E-state index in [1.54, 1.807) is 12.1 Å². The number of nitro benzene ring substituents is 2. The highest BCUT2D eigenvalue weighted by Gasteiger charge is 2.22. The number of carbonyl (C=O) groups excluding carboxylic acids is 2. The van der Waals surface area contributed by atoms with Crippen molar-refractivity contribution in [1.29, 1.82) is 0 Å². The van der Waals surface area contributed by atoms with E-state index < -0.39 is 46.1 Å². The summed E-state index contributed by atoms with van der Waals surface area (Å²) in [5, 5.41) is 24.1. The second-order valence-electron chi connectivity index (χ2n) is 5.02. The highest BCUT2D eigenvalue weighted by molar-refractivity contribution is 5.81. The number of carbonyl (C=O) groups is 2. The molecule has 0 aliphatic heterocycles. The van der Waals surface area contributed by atoms with Crippen LogP contribution in [0.2, 0.25) is 0 Å². The van der Waals surface area contributed by atoms with E-state index in [2.05, 4.69) is 5.32 Å². The van der Waals surface area contributed by atoms with E-state index >= 15 is 0 Å². The maximum atomic E-state index is 11.8. The van der Waals surface area contributed by atoms with Gasteiger partial charge in [0.15, 0.2) is 6.61 Å². The molecule has 11 nitrogen and oxygen atoms in total. The Morgan fingerprint density at radius 1 is 1.15 bits per heavy atom. The van der Waals surface area contributed by atoms with Gasteiger partial charge in [0.1, 0.15) is 5.76 Å². The molecule has 0 atom stereocenters. The zero-order valence-electron chi connectivity index (χ0n) is 13.2. The average Bonchev–Trinajstić information content (AvgIpc) is 3.11. The molecule has 1 aromatic heterocycles. The molecule has 1 N–H and O–H groups in total. The molecule has 26 heavy (non-hydrogen) atoms. The predicted molar refractivity (Wildman–Crippen MR) is 85.0 cm³/mol. The maximum absolute atomic E-state index is 11.8. The van der Waals surface area contributed by atoms with Crippen LogP contribution in [0.3, 0.4) is 0 Å². The number of hydrogen-bond acceptors (Lipinski definition) is 8. The van der Waals surface area contributed by atoms with Crippen molar-refractivity contribution in [1.82, 2.24) is 5.32 Å². The fourth-order valence-corrected chi connectivity index (χ4v) is 1.99. The number of nitrogens with one attached hydrogen (secondary N) is 1. The number of amides is 1. The lowest BCUT2D eigenvalue weighted by Gasteiger charge is -2.06. The molecule has 1 heterocycles. The minimum Gasteiger partial charge on any atom is -0.467 e. The van der Waals surface area contributed by atoms with E-state index in [1.807, 2.05) is 0 Å². The maximum Gasteiger partial charge on any atom is 0.311 e. The van der Waals surface area contributed by atoms with Gasteiger partial charge in [-0.1, -0.05) is 0 Å². The molecule has 0 saturated carbocycles. The number of non-ortho nitro benzene ring substituents is 1. The number of nitro groups is 2. The van der Waals surface area contributed by atoms with Gasteiger partial charge in [-0.15, -0.1) is 0 Å². The highest BCUT2D eigenvalue weighted by Crippen LogP contribution is 2.25. The molecule has 0 fully saturated rings. The van der Waals surface area contributed by atoms with Crippen LogP contribution in [0.5, 0.6) is 0 Å². The summed E-state index contributed by atoms with van der Waals surface area (Å²) in [6, 6.07) is 6.22. The molecular weight excluding hydrogens is 350 g/mol. The molecule has 0 aliphatic rings.